The van der Waals surface area contributed by atoms with E-state index in [0.29, 0.717) is 53.4 Å². The Balaban J connectivity index is 1.38. The van der Waals surface area contributed by atoms with E-state index in [1.165, 1.54) is 17.4 Å². The number of nitrogens with one attached hydrogen (secondary N) is 1. The van der Waals surface area contributed by atoms with Crippen molar-refractivity contribution in [2.45, 2.75) is 19.6 Å². The number of halogens is 2. The molecule has 0 saturated carbocycles. The minimum absolute atomic E-state index is 0.0764. The van der Waals surface area contributed by atoms with Crippen LogP contribution >= 0.6 is 27.3 Å². The van der Waals surface area contributed by atoms with Gasteiger partial charge < -0.3 is 14.8 Å². The van der Waals surface area contributed by atoms with Crippen LogP contribution in [0.1, 0.15) is 29.7 Å². The molecule has 0 fully saturated rings. The smallest absolute Gasteiger partial charge is 0.271 e. The number of benzene rings is 4. The molecule has 1 N–H and O–H groups in total. The number of para-hydroxylation sites is 1. The van der Waals surface area contributed by atoms with Gasteiger partial charge in [0, 0.05) is 11.3 Å². The van der Waals surface area contributed by atoms with Gasteiger partial charge >= 0.3 is 0 Å². The van der Waals surface area contributed by atoms with E-state index in [-0.39, 0.29) is 23.9 Å². The van der Waals surface area contributed by atoms with Crippen molar-refractivity contribution in [2.24, 2.45) is 4.99 Å². The fourth-order valence-electron chi connectivity index (χ4n) is 5.10. The minimum atomic E-state index is -0.733. The maximum atomic E-state index is 14.1. The molecule has 0 radical (unpaired) electrons. The van der Waals surface area contributed by atoms with Gasteiger partial charge in [0.05, 0.1) is 33.4 Å². The molecular weight excluding hydrogens is 657 g/mol. The highest BCUT2D eigenvalue weighted by atomic mass is 79.9. The second-order valence-electron chi connectivity index (χ2n) is 10.2. The number of aromatic nitrogens is 1. The van der Waals surface area contributed by atoms with E-state index in [1.807, 2.05) is 54.6 Å². The predicted molar refractivity (Wildman–Crippen MR) is 177 cm³/mol. The normalized spacial score (nSPS) is 14.5. The maximum Gasteiger partial charge on any atom is 0.271 e. The summed E-state index contributed by atoms with van der Waals surface area (Å²) in [7, 11) is 1.57. The van der Waals surface area contributed by atoms with Gasteiger partial charge in [0.25, 0.3) is 11.5 Å². The number of allylic oxidation sites excluding steroid dienone is 1. The summed E-state index contributed by atoms with van der Waals surface area (Å²) in [6.07, 6.45) is 1.78. The van der Waals surface area contributed by atoms with Gasteiger partial charge in [-0.05, 0) is 82.5 Å². The number of anilines is 1. The van der Waals surface area contributed by atoms with Gasteiger partial charge in [-0.1, -0.05) is 65.9 Å². The minimum Gasteiger partial charge on any atom is -0.497 e. The molecule has 5 aromatic rings. The third-order valence-electron chi connectivity index (χ3n) is 7.30. The molecule has 1 aliphatic heterocycles. The number of amides is 1. The quantitative estimate of drug-likeness (QED) is 0.206. The molecule has 45 heavy (non-hydrogen) atoms. The zero-order chi connectivity index (χ0) is 31.5. The lowest BCUT2D eigenvalue weighted by Crippen LogP contribution is -2.40. The third kappa shape index (κ3) is 6.38. The van der Waals surface area contributed by atoms with E-state index in [0.717, 1.165) is 5.56 Å². The van der Waals surface area contributed by atoms with Crippen molar-refractivity contribution in [3.8, 4) is 11.5 Å². The molecule has 1 aromatic heterocycles. The number of nitrogens with zero attached hydrogens (tertiary/aromatic N) is 2. The average Bonchev–Trinajstić information content (AvgIpc) is 3.34. The van der Waals surface area contributed by atoms with Gasteiger partial charge in [0.2, 0.25) is 0 Å². The first-order valence-electron chi connectivity index (χ1n) is 14.0. The van der Waals surface area contributed by atoms with Gasteiger partial charge in [-0.25, -0.2) is 9.38 Å². The van der Waals surface area contributed by atoms with Crippen molar-refractivity contribution < 1.29 is 18.7 Å². The molecule has 0 saturated heterocycles. The summed E-state index contributed by atoms with van der Waals surface area (Å²) in [5.41, 5.74) is 3.16. The van der Waals surface area contributed by atoms with Crippen molar-refractivity contribution in [2.75, 3.05) is 12.4 Å². The van der Waals surface area contributed by atoms with Crippen LogP contribution in [0.4, 0.5) is 10.1 Å². The Hall–Kier alpha value is -4.80. The molecule has 2 heterocycles. The standard InChI is InChI=1S/C35H27BrFN3O4S/c1-21-31(33(41)39-25-11-4-3-5-12-25)32(23-10-8-13-26(19-23)43-2)40-34(42)30(45-35(40)38-21)18-22-15-16-29(27(36)17-22)44-20-24-9-6-7-14-28(24)37/h3-19,32H,20H2,1-2H3,(H,39,41)/b30-18-/t32-/m1/s1. The number of carbonyl (C=O) groups is 1. The Morgan fingerprint density at radius 3 is 2.58 bits per heavy atom. The topological polar surface area (TPSA) is 81.9 Å². The maximum absolute atomic E-state index is 14.1. The summed E-state index contributed by atoms with van der Waals surface area (Å²) in [6, 6.07) is 27.6. The van der Waals surface area contributed by atoms with Crippen molar-refractivity contribution in [3.63, 3.8) is 0 Å². The summed E-state index contributed by atoms with van der Waals surface area (Å²) in [5, 5.41) is 2.96. The highest BCUT2D eigenvalue weighted by molar-refractivity contribution is 9.10. The summed E-state index contributed by atoms with van der Waals surface area (Å²) in [4.78, 5) is 33.0. The molecule has 0 bridgehead atoms. The molecule has 0 spiro atoms. The summed E-state index contributed by atoms with van der Waals surface area (Å²) >= 11 is 4.79. The van der Waals surface area contributed by atoms with Crippen LogP contribution in [0.2, 0.25) is 0 Å². The number of hydrogen-bond acceptors (Lipinski definition) is 6. The fraction of sp³-hybridized carbons (Fsp3) is 0.114. The Bertz CT molecular complexity index is 2120. The van der Waals surface area contributed by atoms with Gasteiger partial charge in [-0.3, -0.25) is 14.2 Å². The summed E-state index contributed by atoms with van der Waals surface area (Å²) in [5.74, 6) is 0.470. The molecule has 0 aliphatic carbocycles. The predicted octanol–water partition coefficient (Wildman–Crippen LogP) is 6.36. The van der Waals surface area contributed by atoms with Crippen LogP contribution in [-0.4, -0.2) is 17.6 Å². The fourth-order valence-corrected chi connectivity index (χ4v) is 6.66. The van der Waals surface area contributed by atoms with Crippen molar-refractivity contribution in [3.05, 3.63) is 155 Å². The van der Waals surface area contributed by atoms with E-state index >= 15 is 0 Å². The largest absolute Gasteiger partial charge is 0.497 e. The van der Waals surface area contributed by atoms with Crippen molar-refractivity contribution in [1.82, 2.24) is 4.57 Å². The Morgan fingerprint density at radius 2 is 1.82 bits per heavy atom. The first-order valence-corrected chi connectivity index (χ1v) is 15.6. The summed E-state index contributed by atoms with van der Waals surface area (Å²) in [6.45, 7) is 1.86. The number of rotatable bonds is 8. The molecule has 4 aromatic carbocycles. The number of carbonyl (C=O) groups excluding carboxylic acids is 1. The third-order valence-corrected chi connectivity index (χ3v) is 8.90. The van der Waals surface area contributed by atoms with Crippen LogP contribution < -0.4 is 29.7 Å². The van der Waals surface area contributed by atoms with E-state index in [2.05, 4.69) is 21.2 Å². The Morgan fingerprint density at radius 1 is 1.04 bits per heavy atom. The molecule has 10 heteroatoms. The monoisotopic (exact) mass is 683 g/mol. The number of fused-ring (bicyclic) bond motifs is 1. The Kier molecular flexibility index (Phi) is 8.77. The second-order valence-corrected chi connectivity index (χ2v) is 12.1. The highest BCUT2D eigenvalue weighted by Crippen LogP contribution is 2.32. The van der Waals surface area contributed by atoms with E-state index < -0.39 is 6.04 Å². The van der Waals surface area contributed by atoms with E-state index in [1.54, 1.807) is 61.1 Å². The number of thiazole rings is 1. The van der Waals surface area contributed by atoms with Crippen LogP contribution in [0, 0.1) is 5.82 Å². The number of methoxy groups -OCH3 is 1. The lowest BCUT2D eigenvalue weighted by atomic mass is 9.95. The van der Waals surface area contributed by atoms with E-state index in [4.69, 9.17) is 14.5 Å². The van der Waals surface area contributed by atoms with Crippen molar-refractivity contribution >= 4 is 44.9 Å². The van der Waals surface area contributed by atoms with Crippen LogP contribution in [0.5, 0.6) is 11.5 Å². The molecule has 1 atom stereocenters. The summed E-state index contributed by atoms with van der Waals surface area (Å²) < 4.78 is 28.0. The van der Waals surface area contributed by atoms with Gasteiger partial charge in [-0.2, -0.15) is 0 Å². The lowest BCUT2D eigenvalue weighted by Gasteiger charge is -2.25. The zero-order valence-corrected chi connectivity index (χ0v) is 26.7. The second kappa shape index (κ2) is 13.1. The number of ether oxygens (including phenoxy) is 2. The molecule has 1 aliphatic rings. The Labute approximate surface area is 270 Å². The zero-order valence-electron chi connectivity index (χ0n) is 24.3. The first-order chi connectivity index (χ1) is 21.8. The molecule has 1 amide bonds. The van der Waals surface area contributed by atoms with Crippen LogP contribution in [0.25, 0.3) is 6.08 Å². The SMILES string of the molecule is COc1cccc([C@@H]2C(C(=O)Nc3ccccc3)=C(C)N=c3s/c(=C\c4ccc(OCc5ccccc5F)c(Br)c4)c(=O)n32)c1. The molecule has 226 valence electrons. The highest BCUT2D eigenvalue weighted by Gasteiger charge is 2.32. The average molecular weight is 685 g/mol. The van der Waals surface area contributed by atoms with Gasteiger partial charge in [-0.15, -0.1) is 0 Å². The van der Waals surface area contributed by atoms with Crippen molar-refractivity contribution in [1.29, 1.82) is 0 Å². The van der Waals surface area contributed by atoms with Crippen LogP contribution in [0.15, 0.2) is 123 Å². The first kappa shape index (κ1) is 30.2. The van der Waals surface area contributed by atoms with Crippen LogP contribution in [-0.2, 0) is 11.4 Å². The van der Waals surface area contributed by atoms with E-state index in [9.17, 15) is 14.0 Å². The number of hydrogen-bond donors (Lipinski definition) is 1. The molecule has 7 nitrogen and oxygen atoms in total. The molecule has 6 rings (SSSR count). The molecule has 0 unspecified atom stereocenters. The van der Waals surface area contributed by atoms with Gasteiger partial charge in [0.1, 0.15) is 23.9 Å². The molecular formula is C35H27BrFN3O4S. The van der Waals surface area contributed by atoms with Gasteiger partial charge in [0.15, 0.2) is 4.80 Å². The van der Waals surface area contributed by atoms with Crippen LogP contribution in [0.3, 0.4) is 0 Å². The lowest BCUT2D eigenvalue weighted by molar-refractivity contribution is -0.113.